The molecule has 0 saturated carbocycles. The van der Waals surface area contributed by atoms with Crippen LogP contribution in [0.25, 0.3) is 5.69 Å². The largest absolute Gasteiger partial charge is 0.417 e. The van der Waals surface area contributed by atoms with Crippen molar-refractivity contribution in [3.8, 4) is 5.69 Å². The van der Waals surface area contributed by atoms with Crippen LogP contribution in [0, 0.1) is 20.8 Å². The smallest absolute Gasteiger partial charge is 0.321 e. The number of nitrogens with zero attached hydrogens (tertiary/aromatic N) is 3. The van der Waals surface area contributed by atoms with E-state index in [4.69, 9.17) is 11.6 Å². The zero-order valence-electron chi connectivity index (χ0n) is 16.3. The number of hydrogen-bond acceptors (Lipinski definition) is 3. The number of halogens is 4. The number of benzene rings is 1. The average Bonchev–Trinajstić information content (AvgIpc) is 2.93. The van der Waals surface area contributed by atoms with Crippen LogP contribution in [-0.2, 0) is 17.5 Å². The van der Waals surface area contributed by atoms with Crippen molar-refractivity contribution in [3.63, 3.8) is 0 Å². The third-order valence-electron chi connectivity index (χ3n) is 4.52. The molecule has 0 spiro atoms. The van der Waals surface area contributed by atoms with Gasteiger partial charge in [0.05, 0.1) is 28.3 Å². The molecule has 6 nitrogen and oxygen atoms in total. The van der Waals surface area contributed by atoms with E-state index in [9.17, 15) is 22.8 Å². The topological polar surface area (TPSA) is 68.9 Å². The number of amides is 1. The molecule has 1 amide bonds. The van der Waals surface area contributed by atoms with Crippen molar-refractivity contribution in [2.24, 2.45) is 0 Å². The molecule has 0 unspecified atom stereocenters. The summed E-state index contributed by atoms with van der Waals surface area (Å²) in [4.78, 5) is 24.5. The molecule has 2 aromatic heterocycles. The van der Waals surface area contributed by atoms with Gasteiger partial charge in [-0.1, -0.05) is 29.3 Å². The average molecular weight is 439 g/mol. The summed E-state index contributed by atoms with van der Waals surface area (Å²) in [6, 6.07) is 8.15. The van der Waals surface area contributed by atoms with Gasteiger partial charge in [0.1, 0.15) is 11.6 Å². The Kier molecular flexibility index (Phi) is 5.76. The van der Waals surface area contributed by atoms with Crippen molar-refractivity contribution >= 4 is 23.2 Å². The molecule has 10 heteroatoms. The van der Waals surface area contributed by atoms with Crippen LogP contribution in [0.4, 0.5) is 18.9 Å². The highest BCUT2D eigenvalue weighted by atomic mass is 35.5. The normalized spacial score (nSPS) is 11.6. The highest BCUT2D eigenvalue weighted by Gasteiger charge is 2.32. The Bertz CT molecular complexity index is 1160. The number of rotatable bonds is 4. The minimum atomic E-state index is -4.70. The molecular formula is C20H18ClF3N4O2. The maximum Gasteiger partial charge on any atom is 0.417 e. The maximum atomic E-state index is 13.0. The molecule has 0 radical (unpaired) electrons. The van der Waals surface area contributed by atoms with E-state index < -0.39 is 34.8 Å². The van der Waals surface area contributed by atoms with Gasteiger partial charge in [-0.3, -0.25) is 9.59 Å². The second kappa shape index (κ2) is 7.98. The van der Waals surface area contributed by atoms with Crippen LogP contribution in [0.3, 0.4) is 0 Å². The van der Waals surface area contributed by atoms with Crippen molar-refractivity contribution in [2.75, 3.05) is 5.32 Å². The predicted octanol–water partition coefficient (Wildman–Crippen LogP) is 4.27. The highest BCUT2D eigenvalue weighted by molar-refractivity contribution is 6.30. The molecule has 0 bridgehead atoms. The molecule has 3 aromatic rings. The maximum absolute atomic E-state index is 13.0. The van der Waals surface area contributed by atoms with E-state index >= 15 is 0 Å². The van der Waals surface area contributed by atoms with Gasteiger partial charge in [0.2, 0.25) is 5.91 Å². The van der Waals surface area contributed by atoms with Gasteiger partial charge in [0.25, 0.3) is 5.56 Å². The SMILES string of the molecule is Cc1ccc(-n2nc(C)c(NC(=O)Cn3cc(C(F)(F)F)cc(Cl)c3=O)c2C)cc1. The fourth-order valence-corrected chi connectivity index (χ4v) is 3.19. The Morgan fingerprint density at radius 3 is 2.40 bits per heavy atom. The predicted molar refractivity (Wildman–Crippen MR) is 107 cm³/mol. The van der Waals surface area contributed by atoms with Crippen LogP contribution in [-0.4, -0.2) is 20.3 Å². The van der Waals surface area contributed by atoms with Crippen LogP contribution < -0.4 is 10.9 Å². The van der Waals surface area contributed by atoms with E-state index in [0.717, 1.165) is 11.3 Å². The number of aromatic nitrogens is 3. The molecule has 158 valence electrons. The number of pyridine rings is 1. The van der Waals surface area contributed by atoms with Crippen molar-refractivity contribution in [2.45, 2.75) is 33.5 Å². The molecule has 1 aromatic carbocycles. The lowest BCUT2D eigenvalue weighted by atomic mass is 10.2. The molecule has 0 aliphatic heterocycles. The Morgan fingerprint density at radius 2 is 1.80 bits per heavy atom. The molecule has 0 fully saturated rings. The molecule has 0 aliphatic rings. The zero-order chi connectivity index (χ0) is 22.2. The molecule has 3 rings (SSSR count). The van der Waals surface area contributed by atoms with Crippen molar-refractivity contribution in [1.29, 1.82) is 0 Å². The highest BCUT2D eigenvalue weighted by Crippen LogP contribution is 2.29. The number of anilines is 1. The van der Waals surface area contributed by atoms with Gasteiger partial charge >= 0.3 is 6.18 Å². The number of hydrogen-bond donors (Lipinski definition) is 1. The number of carbonyl (C=O) groups is 1. The summed E-state index contributed by atoms with van der Waals surface area (Å²) in [6.07, 6.45) is -4.12. The number of nitrogens with one attached hydrogen (secondary N) is 1. The third-order valence-corrected chi connectivity index (χ3v) is 4.79. The van der Waals surface area contributed by atoms with Crippen LogP contribution >= 0.6 is 11.6 Å². The summed E-state index contributed by atoms with van der Waals surface area (Å²) in [5, 5.41) is 6.43. The van der Waals surface area contributed by atoms with Gasteiger partial charge in [-0.25, -0.2) is 4.68 Å². The summed E-state index contributed by atoms with van der Waals surface area (Å²) in [5.41, 5.74) is 1.46. The molecular weight excluding hydrogens is 421 g/mol. The number of carbonyl (C=O) groups excluding carboxylic acids is 1. The lowest BCUT2D eigenvalue weighted by Crippen LogP contribution is -2.29. The Morgan fingerprint density at radius 1 is 1.17 bits per heavy atom. The Labute approximate surface area is 174 Å². The minimum absolute atomic E-state index is 0.423. The van der Waals surface area contributed by atoms with E-state index in [1.807, 2.05) is 31.2 Å². The third kappa shape index (κ3) is 4.40. The molecule has 0 aliphatic carbocycles. The van der Waals surface area contributed by atoms with Gasteiger partial charge in [-0.15, -0.1) is 0 Å². The van der Waals surface area contributed by atoms with E-state index in [-0.39, 0.29) is 0 Å². The lowest BCUT2D eigenvalue weighted by Gasteiger charge is -2.12. The minimum Gasteiger partial charge on any atom is -0.321 e. The second-order valence-corrected chi connectivity index (χ2v) is 7.26. The van der Waals surface area contributed by atoms with Gasteiger partial charge in [0, 0.05) is 6.20 Å². The van der Waals surface area contributed by atoms with Gasteiger partial charge < -0.3 is 9.88 Å². The van der Waals surface area contributed by atoms with Crippen LogP contribution in [0.2, 0.25) is 5.02 Å². The fourth-order valence-electron chi connectivity index (χ4n) is 2.97. The molecule has 1 N–H and O–H groups in total. The van der Waals surface area contributed by atoms with Crippen molar-refractivity contribution in [1.82, 2.24) is 14.3 Å². The molecule has 0 saturated heterocycles. The van der Waals surface area contributed by atoms with Crippen molar-refractivity contribution < 1.29 is 18.0 Å². The number of alkyl halides is 3. The summed E-state index contributed by atoms with van der Waals surface area (Å²) >= 11 is 5.62. The number of aryl methyl sites for hydroxylation is 2. The van der Waals surface area contributed by atoms with E-state index in [2.05, 4.69) is 10.4 Å². The first-order chi connectivity index (χ1) is 14.0. The Balaban J connectivity index is 1.87. The first-order valence-corrected chi connectivity index (χ1v) is 9.25. The summed E-state index contributed by atoms with van der Waals surface area (Å²) in [6.45, 7) is 4.78. The van der Waals surface area contributed by atoms with Gasteiger partial charge in [0.15, 0.2) is 0 Å². The summed E-state index contributed by atoms with van der Waals surface area (Å²) in [5.74, 6) is -0.679. The van der Waals surface area contributed by atoms with Crippen LogP contribution in [0.5, 0.6) is 0 Å². The van der Waals surface area contributed by atoms with Crippen LogP contribution in [0.1, 0.15) is 22.5 Å². The van der Waals surface area contributed by atoms with E-state index in [1.54, 1.807) is 18.5 Å². The van der Waals surface area contributed by atoms with Gasteiger partial charge in [-0.2, -0.15) is 18.3 Å². The first-order valence-electron chi connectivity index (χ1n) is 8.87. The second-order valence-electron chi connectivity index (χ2n) is 6.85. The van der Waals surface area contributed by atoms with Crippen LogP contribution in [0.15, 0.2) is 41.3 Å². The molecule has 30 heavy (non-hydrogen) atoms. The van der Waals surface area contributed by atoms with Gasteiger partial charge in [-0.05, 0) is 39.0 Å². The van der Waals surface area contributed by atoms with E-state index in [0.29, 0.717) is 33.9 Å². The fraction of sp³-hybridized carbons (Fsp3) is 0.250. The van der Waals surface area contributed by atoms with Crippen molar-refractivity contribution in [3.05, 3.63) is 74.4 Å². The monoisotopic (exact) mass is 438 g/mol. The lowest BCUT2D eigenvalue weighted by molar-refractivity contribution is -0.138. The molecule has 2 heterocycles. The molecule has 0 atom stereocenters. The quantitative estimate of drug-likeness (QED) is 0.661. The standard InChI is InChI=1S/C20H18ClF3N4O2/c1-11-4-6-15(7-5-11)28-13(3)18(12(2)26-28)25-17(29)10-27-9-14(20(22,23)24)8-16(21)19(27)30/h4-9H,10H2,1-3H3,(H,25,29). The Hall–Kier alpha value is -3.07. The van der Waals surface area contributed by atoms with E-state index in [1.165, 1.54) is 0 Å². The first kappa shape index (κ1) is 21.6. The zero-order valence-corrected chi connectivity index (χ0v) is 17.1. The summed E-state index contributed by atoms with van der Waals surface area (Å²) < 4.78 is 41.2. The summed E-state index contributed by atoms with van der Waals surface area (Å²) in [7, 11) is 0.